The lowest BCUT2D eigenvalue weighted by molar-refractivity contribution is -0.136. The smallest absolute Gasteiger partial charge is 0.304 e. The van der Waals surface area contributed by atoms with E-state index in [9.17, 15) is 4.79 Å². The van der Waals surface area contributed by atoms with Gasteiger partial charge in [-0.05, 0) is 46.7 Å². The molecule has 2 heterocycles. The summed E-state index contributed by atoms with van der Waals surface area (Å²) >= 11 is 1.49. The third kappa shape index (κ3) is 3.60. The van der Waals surface area contributed by atoms with Crippen LogP contribution in [0.5, 0.6) is 0 Å². The van der Waals surface area contributed by atoms with Crippen molar-refractivity contribution in [2.24, 2.45) is 0 Å². The van der Waals surface area contributed by atoms with Gasteiger partial charge in [0, 0.05) is 11.9 Å². The number of nitrogens with zero attached hydrogens (tertiary/aromatic N) is 3. The molecule has 0 amide bonds. The van der Waals surface area contributed by atoms with Crippen molar-refractivity contribution < 1.29 is 9.90 Å². The molecule has 1 fully saturated rings. The minimum absolute atomic E-state index is 0.116. The van der Waals surface area contributed by atoms with Crippen LogP contribution < -0.4 is 0 Å². The summed E-state index contributed by atoms with van der Waals surface area (Å²) in [5.74, 6) is 0.410. The molecule has 6 heteroatoms. The van der Waals surface area contributed by atoms with Crippen LogP contribution in [-0.4, -0.2) is 31.4 Å². The summed E-state index contributed by atoms with van der Waals surface area (Å²) in [6.07, 6.45) is 6.23. The van der Waals surface area contributed by atoms with E-state index in [1.54, 1.807) is 12.4 Å². The van der Waals surface area contributed by atoms with Gasteiger partial charge in [-0.25, -0.2) is 4.98 Å². The number of hydrogen-bond donors (Lipinski definition) is 1. The number of rotatable bonds is 7. The Morgan fingerprint density at radius 3 is 2.76 bits per heavy atom. The number of carbonyl (C=O) groups is 1. The average Bonchev–Trinajstić information content (AvgIpc) is 3.51. The van der Waals surface area contributed by atoms with Crippen molar-refractivity contribution in [1.82, 2.24) is 14.5 Å². The maximum atomic E-state index is 10.9. The van der Waals surface area contributed by atoms with E-state index in [1.165, 1.54) is 46.5 Å². The number of thioether (sulfide) groups is 1. The number of carboxylic acid groups (broad SMARTS) is 1. The Labute approximate surface area is 172 Å². The van der Waals surface area contributed by atoms with Gasteiger partial charge >= 0.3 is 5.97 Å². The molecule has 29 heavy (non-hydrogen) atoms. The Bertz CT molecular complexity index is 1210. The lowest BCUT2D eigenvalue weighted by atomic mass is 9.97. The predicted molar refractivity (Wildman–Crippen MR) is 116 cm³/mol. The van der Waals surface area contributed by atoms with Crippen LogP contribution in [0.2, 0.25) is 0 Å². The molecule has 0 radical (unpaired) electrons. The number of aliphatic carboxylic acids is 1. The Hall–Kier alpha value is -2.86. The summed E-state index contributed by atoms with van der Waals surface area (Å²) in [6, 6.07) is 15.1. The molecule has 0 aliphatic heterocycles. The second-order valence-electron chi connectivity index (χ2n) is 7.47. The SMILES string of the molecule is O=C(O)CCSc1nc2cnccc2n1Cc1ccc(C2CC2)c2ccccc12. The van der Waals surface area contributed by atoms with Gasteiger partial charge < -0.3 is 9.67 Å². The Balaban J connectivity index is 1.56. The summed E-state index contributed by atoms with van der Waals surface area (Å²) in [7, 11) is 0. The molecule has 1 aliphatic rings. The van der Waals surface area contributed by atoms with E-state index in [0.717, 1.165) is 16.2 Å². The average molecular weight is 404 g/mol. The Morgan fingerprint density at radius 2 is 1.97 bits per heavy atom. The Morgan fingerprint density at radius 1 is 1.14 bits per heavy atom. The molecule has 1 saturated carbocycles. The lowest BCUT2D eigenvalue weighted by Crippen LogP contribution is -2.04. The third-order valence-corrected chi connectivity index (χ3v) is 6.43. The van der Waals surface area contributed by atoms with E-state index in [0.29, 0.717) is 18.2 Å². The van der Waals surface area contributed by atoms with Gasteiger partial charge in [0.15, 0.2) is 5.16 Å². The number of fused-ring (bicyclic) bond motifs is 2. The van der Waals surface area contributed by atoms with Gasteiger partial charge in [-0.3, -0.25) is 9.78 Å². The van der Waals surface area contributed by atoms with Crippen LogP contribution in [0.4, 0.5) is 0 Å². The molecule has 146 valence electrons. The van der Waals surface area contributed by atoms with Crippen LogP contribution in [0.25, 0.3) is 21.8 Å². The number of aromatic nitrogens is 3. The fraction of sp³-hybridized carbons (Fsp3) is 0.261. The van der Waals surface area contributed by atoms with Crippen molar-refractivity contribution in [3.8, 4) is 0 Å². The first-order chi connectivity index (χ1) is 14.2. The number of pyridine rings is 1. The van der Waals surface area contributed by atoms with Crippen molar-refractivity contribution in [3.05, 3.63) is 66.0 Å². The van der Waals surface area contributed by atoms with Gasteiger partial charge in [0.2, 0.25) is 0 Å². The van der Waals surface area contributed by atoms with Gasteiger partial charge in [0.05, 0.1) is 24.7 Å². The minimum atomic E-state index is -0.788. The molecular weight excluding hydrogens is 382 g/mol. The minimum Gasteiger partial charge on any atom is -0.481 e. The summed E-state index contributed by atoms with van der Waals surface area (Å²) in [5.41, 5.74) is 4.57. The molecule has 0 atom stereocenters. The molecule has 2 aromatic heterocycles. The van der Waals surface area contributed by atoms with Gasteiger partial charge in [-0.2, -0.15) is 0 Å². The fourth-order valence-electron chi connectivity index (χ4n) is 3.90. The number of benzene rings is 2. The number of hydrogen-bond acceptors (Lipinski definition) is 4. The van der Waals surface area contributed by atoms with Gasteiger partial charge in [-0.15, -0.1) is 0 Å². The van der Waals surface area contributed by atoms with Crippen molar-refractivity contribution >= 4 is 39.5 Å². The van der Waals surface area contributed by atoms with E-state index in [-0.39, 0.29) is 6.42 Å². The quantitative estimate of drug-likeness (QED) is 0.436. The standard InChI is InChI=1S/C23H21N3O2S/c27-22(28)10-12-29-23-25-20-13-24-11-9-21(20)26(23)14-16-7-8-18(15-5-6-15)19-4-2-1-3-17(16)19/h1-4,7-9,11,13,15H,5-6,10,12,14H2,(H,27,28). The highest BCUT2D eigenvalue weighted by Crippen LogP contribution is 2.43. The first kappa shape index (κ1) is 18.2. The molecule has 4 aromatic rings. The van der Waals surface area contributed by atoms with Crippen molar-refractivity contribution in [3.63, 3.8) is 0 Å². The van der Waals surface area contributed by atoms with E-state index in [2.05, 4.69) is 45.9 Å². The normalized spacial score (nSPS) is 13.9. The summed E-state index contributed by atoms with van der Waals surface area (Å²) in [4.78, 5) is 19.8. The highest BCUT2D eigenvalue weighted by atomic mass is 32.2. The molecule has 0 saturated heterocycles. The highest BCUT2D eigenvalue weighted by molar-refractivity contribution is 7.99. The van der Waals surface area contributed by atoms with Crippen LogP contribution in [0, 0.1) is 0 Å². The van der Waals surface area contributed by atoms with Crippen molar-refractivity contribution in [1.29, 1.82) is 0 Å². The van der Waals surface area contributed by atoms with Crippen molar-refractivity contribution in [2.45, 2.75) is 36.9 Å². The summed E-state index contributed by atoms with van der Waals surface area (Å²) in [5, 5.41) is 12.4. The van der Waals surface area contributed by atoms with E-state index in [1.807, 2.05) is 6.07 Å². The van der Waals surface area contributed by atoms with Crippen LogP contribution in [0.1, 0.15) is 36.3 Å². The molecule has 5 rings (SSSR count). The van der Waals surface area contributed by atoms with Crippen LogP contribution in [-0.2, 0) is 11.3 Å². The van der Waals surface area contributed by atoms with Gasteiger partial charge in [-0.1, -0.05) is 48.2 Å². The second-order valence-corrected chi connectivity index (χ2v) is 8.53. The number of imidazole rings is 1. The van der Waals surface area contributed by atoms with Gasteiger partial charge in [0.1, 0.15) is 5.52 Å². The largest absolute Gasteiger partial charge is 0.481 e. The Kier molecular flexibility index (Phi) is 4.72. The second kappa shape index (κ2) is 7.52. The molecule has 1 aliphatic carbocycles. The van der Waals surface area contributed by atoms with Crippen LogP contribution in [0.3, 0.4) is 0 Å². The van der Waals surface area contributed by atoms with E-state index >= 15 is 0 Å². The zero-order chi connectivity index (χ0) is 19.8. The maximum absolute atomic E-state index is 10.9. The van der Waals surface area contributed by atoms with Crippen LogP contribution in [0.15, 0.2) is 60.0 Å². The predicted octanol–water partition coefficient (Wildman–Crippen LogP) is 5.08. The summed E-state index contributed by atoms with van der Waals surface area (Å²) < 4.78 is 2.18. The van der Waals surface area contributed by atoms with Gasteiger partial charge in [0.25, 0.3) is 0 Å². The molecule has 0 unspecified atom stereocenters. The molecule has 2 aromatic carbocycles. The van der Waals surface area contributed by atoms with Crippen LogP contribution >= 0.6 is 11.8 Å². The first-order valence-electron chi connectivity index (χ1n) is 9.86. The summed E-state index contributed by atoms with van der Waals surface area (Å²) in [6.45, 7) is 0.696. The molecule has 0 bridgehead atoms. The molecule has 1 N–H and O–H groups in total. The fourth-order valence-corrected chi connectivity index (χ4v) is 4.84. The lowest BCUT2D eigenvalue weighted by Gasteiger charge is -2.14. The maximum Gasteiger partial charge on any atom is 0.304 e. The monoisotopic (exact) mass is 403 g/mol. The zero-order valence-electron chi connectivity index (χ0n) is 15.9. The number of carboxylic acids is 1. The van der Waals surface area contributed by atoms with Crippen molar-refractivity contribution in [2.75, 3.05) is 5.75 Å². The van der Waals surface area contributed by atoms with E-state index < -0.39 is 5.97 Å². The molecule has 0 spiro atoms. The molecular formula is C23H21N3O2S. The van der Waals surface area contributed by atoms with E-state index in [4.69, 9.17) is 10.1 Å². The highest BCUT2D eigenvalue weighted by Gasteiger charge is 2.25. The third-order valence-electron chi connectivity index (χ3n) is 5.46. The molecule has 5 nitrogen and oxygen atoms in total. The zero-order valence-corrected chi connectivity index (χ0v) is 16.7. The topological polar surface area (TPSA) is 68.0 Å². The first-order valence-corrected chi connectivity index (χ1v) is 10.8.